The molecule has 1 fully saturated rings. The average Bonchev–Trinajstić information content (AvgIpc) is 2.52. The van der Waals surface area contributed by atoms with E-state index in [1.54, 1.807) is 6.20 Å². The van der Waals surface area contributed by atoms with E-state index in [0.717, 1.165) is 51.1 Å². The molecule has 1 aromatic rings. The zero-order valence-electron chi connectivity index (χ0n) is 12.8. The van der Waals surface area contributed by atoms with Crippen molar-refractivity contribution in [3.63, 3.8) is 0 Å². The van der Waals surface area contributed by atoms with Gasteiger partial charge in [-0.25, -0.2) is 4.98 Å². The van der Waals surface area contributed by atoms with Crippen LogP contribution in [0, 0.1) is 0 Å². The number of pyridine rings is 1. The Labute approximate surface area is 126 Å². The molecule has 116 valence electrons. The van der Waals surface area contributed by atoms with E-state index in [-0.39, 0.29) is 11.4 Å². The van der Waals surface area contributed by atoms with Crippen LogP contribution in [0.25, 0.3) is 0 Å². The van der Waals surface area contributed by atoms with Crippen molar-refractivity contribution < 1.29 is 4.79 Å². The summed E-state index contributed by atoms with van der Waals surface area (Å²) in [7, 11) is 0. The molecule has 2 rings (SSSR count). The van der Waals surface area contributed by atoms with E-state index in [4.69, 9.17) is 0 Å². The van der Waals surface area contributed by atoms with E-state index < -0.39 is 0 Å². The van der Waals surface area contributed by atoms with Crippen molar-refractivity contribution in [2.45, 2.75) is 44.6 Å². The Bertz CT molecular complexity index is 429. The molecule has 1 amide bonds. The number of piperidine rings is 1. The molecule has 0 aromatic carbocycles. The third-order valence-electron chi connectivity index (χ3n) is 3.98. The zero-order chi connectivity index (χ0) is 15.0. The Morgan fingerprint density at radius 3 is 2.90 bits per heavy atom. The number of hydrogen-bond acceptors (Lipinski definition) is 4. The molecule has 1 saturated heterocycles. The molecule has 1 atom stereocenters. The lowest BCUT2D eigenvalue weighted by Crippen LogP contribution is -2.57. The molecular formula is C16H26N4O. The Kier molecular flexibility index (Phi) is 5.99. The minimum absolute atomic E-state index is 0.139. The monoisotopic (exact) mass is 290 g/mol. The fourth-order valence-electron chi connectivity index (χ4n) is 2.58. The topological polar surface area (TPSA) is 66.0 Å². The van der Waals surface area contributed by atoms with Crippen molar-refractivity contribution in [1.29, 1.82) is 0 Å². The van der Waals surface area contributed by atoms with Gasteiger partial charge in [-0.3, -0.25) is 4.79 Å². The van der Waals surface area contributed by atoms with E-state index in [0.29, 0.717) is 0 Å². The maximum atomic E-state index is 12.2. The molecule has 1 aromatic heterocycles. The molecule has 0 bridgehead atoms. The van der Waals surface area contributed by atoms with Crippen LogP contribution >= 0.6 is 0 Å². The SMILES string of the molecule is CC1(C(=O)NCCCCNc2ccccn2)CCCCN1. The van der Waals surface area contributed by atoms with Gasteiger partial charge in [0, 0.05) is 19.3 Å². The van der Waals surface area contributed by atoms with Crippen LogP contribution in [-0.2, 0) is 4.79 Å². The van der Waals surface area contributed by atoms with Gasteiger partial charge in [0.15, 0.2) is 0 Å². The van der Waals surface area contributed by atoms with E-state index in [1.807, 2.05) is 25.1 Å². The summed E-state index contributed by atoms with van der Waals surface area (Å²) < 4.78 is 0. The van der Waals surface area contributed by atoms with Gasteiger partial charge in [-0.05, 0) is 57.7 Å². The van der Waals surface area contributed by atoms with Crippen LogP contribution in [0.5, 0.6) is 0 Å². The number of nitrogens with zero attached hydrogens (tertiary/aromatic N) is 1. The maximum Gasteiger partial charge on any atom is 0.240 e. The number of amides is 1. The number of unbranched alkanes of at least 4 members (excludes halogenated alkanes) is 1. The van der Waals surface area contributed by atoms with Gasteiger partial charge in [0.1, 0.15) is 5.82 Å². The summed E-state index contributed by atoms with van der Waals surface area (Å²) in [5.41, 5.74) is -0.371. The van der Waals surface area contributed by atoms with Crippen LogP contribution in [0.4, 0.5) is 5.82 Å². The highest BCUT2D eigenvalue weighted by atomic mass is 16.2. The highest BCUT2D eigenvalue weighted by Crippen LogP contribution is 2.18. The van der Waals surface area contributed by atoms with Crippen LogP contribution in [0.2, 0.25) is 0 Å². The minimum atomic E-state index is -0.371. The fourth-order valence-corrected chi connectivity index (χ4v) is 2.58. The summed E-state index contributed by atoms with van der Waals surface area (Å²) in [6.07, 6.45) is 7.00. The number of aromatic nitrogens is 1. The van der Waals surface area contributed by atoms with Gasteiger partial charge in [0.2, 0.25) is 5.91 Å². The van der Waals surface area contributed by atoms with Gasteiger partial charge in [0.05, 0.1) is 5.54 Å². The second-order valence-electron chi connectivity index (χ2n) is 5.82. The molecule has 0 saturated carbocycles. The lowest BCUT2D eigenvalue weighted by atomic mass is 9.90. The van der Waals surface area contributed by atoms with Crippen LogP contribution in [-0.4, -0.2) is 36.1 Å². The third kappa shape index (κ3) is 5.01. The third-order valence-corrected chi connectivity index (χ3v) is 3.98. The van der Waals surface area contributed by atoms with Gasteiger partial charge in [-0.2, -0.15) is 0 Å². The van der Waals surface area contributed by atoms with Crippen LogP contribution in [0.3, 0.4) is 0 Å². The molecule has 0 radical (unpaired) electrons. The van der Waals surface area contributed by atoms with Gasteiger partial charge in [-0.1, -0.05) is 6.07 Å². The number of anilines is 1. The van der Waals surface area contributed by atoms with Crippen molar-refractivity contribution in [3.05, 3.63) is 24.4 Å². The highest BCUT2D eigenvalue weighted by molar-refractivity contribution is 5.85. The summed E-state index contributed by atoms with van der Waals surface area (Å²) in [6.45, 7) is 4.56. The number of carbonyl (C=O) groups excluding carboxylic acids is 1. The lowest BCUT2D eigenvalue weighted by molar-refractivity contribution is -0.127. The van der Waals surface area contributed by atoms with Crippen molar-refractivity contribution in [1.82, 2.24) is 15.6 Å². The molecular weight excluding hydrogens is 264 g/mol. The maximum absolute atomic E-state index is 12.2. The smallest absolute Gasteiger partial charge is 0.240 e. The second kappa shape index (κ2) is 7.98. The first-order valence-electron chi connectivity index (χ1n) is 7.89. The standard InChI is InChI=1S/C16H26N4O/c1-16(9-3-5-13-20-16)15(21)19-12-7-6-11-18-14-8-2-4-10-17-14/h2,4,8,10,20H,3,5-7,9,11-13H2,1H3,(H,17,18)(H,19,21). The van der Waals surface area contributed by atoms with Crippen molar-refractivity contribution in [2.24, 2.45) is 0 Å². The number of carbonyl (C=O) groups is 1. The van der Waals surface area contributed by atoms with E-state index >= 15 is 0 Å². The summed E-state index contributed by atoms with van der Waals surface area (Å²) in [4.78, 5) is 16.4. The van der Waals surface area contributed by atoms with Crippen LogP contribution in [0.1, 0.15) is 39.0 Å². The van der Waals surface area contributed by atoms with E-state index in [2.05, 4.69) is 20.9 Å². The Balaban J connectivity index is 1.56. The van der Waals surface area contributed by atoms with Gasteiger partial charge < -0.3 is 16.0 Å². The summed E-state index contributed by atoms with van der Waals surface area (Å²) in [6, 6.07) is 5.82. The van der Waals surface area contributed by atoms with Gasteiger partial charge in [-0.15, -0.1) is 0 Å². The van der Waals surface area contributed by atoms with Gasteiger partial charge in [0.25, 0.3) is 0 Å². The molecule has 5 nitrogen and oxygen atoms in total. The zero-order valence-corrected chi connectivity index (χ0v) is 12.8. The second-order valence-corrected chi connectivity index (χ2v) is 5.82. The molecule has 1 aliphatic heterocycles. The molecule has 5 heteroatoms. The number of nitrogens with one attached hydrogen (secondary N) is 3. The minimum Gasteiger partial charge on any atom is -0.370 e. The quantitative estimate of drug-likeness (QED) is 0.671. The lowest BCUT2D eigenvalue weighted by Gasteiger charge is -2.33. The summed E-state index contributed by atoms with van der Waals surface area (Å²) in [5.74, 6) is 1.04. The van der Waals surface area contributed by atoms with Gasteiger partial charge >= 0.3 is 0 Å². The molecule has 1 unspecified atom stereocenters. The molecule has 0 aliphatic carbocycles. The van der Waals surface area contributed by atoms with Crippen LogP contribution in [0.15, 0.2) is 24.4 Å². The highest BCUT2D eigenvalue weighted by Gasteiger charge is 2.33. The van der Waals surface area contributed by atoms with E-state index in [1.165, 1.54) is 6.42 Å². The predicted octanol–water partition coefficient (Wildman–Crippen LogP) is 1.92. The Hall–Kier alpha value is -1.62. The normalized spacial score (nSPS) is 21.8. The Morgan fingerprint density at radius 2 is 2.19 bits per heavy atom. The Morgan fingerprint density at radius 1 is 1.33 bits per heavy atom. The summed E-state index contributed by atoms with van der Waals surface area (Å²) in [5, 5.41) is 9.65. The van der Waals surface area contributed by atoms with Crippen LogP contribution < -0.4 is 16.0 Å². The predicted molar refractivity (Wildman–Crippen MR) is 85.2 cm³/mol. The first-order chi connectivity index (χ1) is 10.2. The van der Waals surface area contributed by atoms with Crippen molar-refractivity contribution in [2.75, 3.05) is 25.0 Å². The number of hydrogen-bond donors (Lipinski definition) is 3. The molecule has 2 heterocycles. The van der Waals surface area contributed by atoms with Crippen molar-refractivity contribution in [3.8, 4) is 0 Å². The largest absolute Gasteiger partial charge is 0.370 e. The molecule has 3 N–H and O–H groups in total. The molecule has 21 heavy (non-hydrogen) atoms. The number of rotatable bonds is 7. The summed E-state index contributed by atoms with van der Waals surface area (Å²) >= 11 is 0. The average molecular weight is 290 g/mol. The first kappa shape index (κ1) is 15.8. The van der Waals surface area contributed by atoms with Crippen molar-refractivity contribution >= 4 is 11.7 Å². The first-order valence-corrected chi connectivity index (χ1v) is 7.89. The molecule has 0 spiro atoms. The fraction of sp³-hybridized carbons (Fsp3) is 0.625. The molecule has 1 aliphatic rings. The van der Waals surface area contributed by atoms with E-state index in [9.17, 15) is 4.79 Å².